The predicted octanol–water partition coefficient (Wildman–Crippen LogP) is 2.46. The van der Waals surface area contributed by atoms with Gasteiger partial charge in [0.25, 0.3) is 5.69 Å². The summed E-state index contributed by atoms with van der Waals surface area (Å²) in [6.45, 7) is 6.78. The largest absolute Gasteiger partial charge is 0.322 e. The fourth-order valence-corrected chi connectivity index (χ4v) is 2.47. The van der Waals surface area contributed by atoms with E-state index in [4.69, 9.17) is 0 Å². The average Bonchev–Trinajstić information content (AvgIpc) is 2.72. The molecule has 1 aromatic rings. The number of nitro groups is 1. The molecule has 1 fully saturated rings. The number of rotatable bonds is 5. The number of carbonyl (C=O) groups is 1. The second-order valence-corrected chi connectivity index (χ2v) is 5.85. The lowest BCUT2D eigenvalue weighted by Gasteiger charge is -2.25. The minimum atomic E-state index is -0.420. The first-order chi connectivity index (χ1) is 9.90. The molecule has 1 amide bonds. The molecule has 1 aliphatic heterocycles. The molecule has 114 valence electrons. The third-order valence-electron chi connectivity index (χ3n) is 3.74. The molecule has 1 aromatic carbocycles. The number of nitro benzene ring substituents is 1. The van der Waals surface area contributed by atoms with Crippen molar-refractivity contribution in [1.29, 1.82) is 0 Å². The van der Waals surface area contributed by atoms with Crippen LogP contribution in [0.25, 0.3) is 0 Å². The van der Waals surface area contributed by atoms with Crippen molar-refractivity contribution >= 4 is 11.6 Å². The van der Waals surface area contributed by atoms with Gasteiger partial charge in [0.05, 0.1) is 11.0 Å². The maximum absolute atomic E-state index is 12.2. The van der Waals surface area contributed by atoms with Gasteiger partial charge in [-0.1, -0.05) is 13.8 Å². The van der Waals surface area contributed by atoms with Crippen LogP contribution in [0.1, 0.15) is 38.9 Å². The number of hydrogen-bond donors (Lipinski definition) is 1. The minimum absolute atomic E-state index is 0.0600. The van der Waals surface area contributed by atoms with Gasteiger partial charge in [-0.05, 0) is 37.0 Å². The lowest BCUT2D eigenvalue weighted by molar-refractivity contribution is -0.384. The Balaban J connectivity index is 2.19. The van der Waals surface area contributed by atoms with E-state index in [9.17, 15) is 14.9 Å². The zero-order valence-electron chi connectivity index (χ0n) is 12.6. The van der Waals surface area contributed by atoms with Crippen LogP contribution < -0.4 is 5.32 Å². The number of amides is 1. The molecule has 0 aromatic heterocycles. The summed E-state index contributed by atoms with van der Waals surface area (Å²) >= 11 is 0. The van der Waals surface area contributed by atoms with Gasteiger partial charge in [0.1, 0.15) is 6.17 Å². The van der Waals surface area contributed by atoms with E-state index in [0.29, 0.717) is 12.5 Å². The first-order valence-corrected chi connectivity index (χ1v) is 7.21. The van der Waals surface area contributed by atoms with E-state index in [1.54, 1.807) is 12.1 Å². The van der Waals surface area contributed by atoms with Crippen molar-refractivity contribution in [2.45, 2.75) is 39.4 Å². The molecule has 2 atom stereocenters. The lowest BCUT2D eigenvalue weighted by Crippen LogP contribution is -2.32. The standard InChI is InChI=1S/C15H21N3O3/c1-10(2)8-9-17-14(16-11(3)15(17)19)12-4-6-13(7-5-12)18(20)21/h4-7,10-11,14,16H,8-9H2,1-3H3. The third kappa shape index (κ3) is 3.39. The fraction of sp³-hybridized carbons (Fsp3) is 0.533. The molecule has 2 unspecified atom stereocenters. The van der Waals surface area contributed by atoms with Crippen LogP contribution in [0.2, 0.25) is 0 Å². The molecule has 0 aliphatic carbocycles. The molecule has 1 N–H and O–H groups in total. The Hall–Kier alpha value is -1.95. The Morgan fingerprint density at radius 3 is 2.48 bits per heavy atom. The van der Waals surface area contributed by atoms with Crippen molar-refractivity contribution in [3.8, 4) is 0 Å². The summed E-state index contributed by atoms with van der Waals surface area (Å²) in [5.41, 5.74) is 0.937. The number of nitrogens with one attached hydrogen (secondary N) is 1. The Bertz CT molecular complexity index is 527. The highest BCUT2D eigenvalue weighted by Gasteiger charge is 2.36. The zero-order valence-corrected chi connectivity index (χ0v) is 12.6. The van der Waals surface area contributed by atoms with Gasteiger partial charge < -0.3 is 4.90 Å². The molecule has 0 radical (unpaired) electrons. The molecule has 1 heterocycles. The van der Waals surface area contributed by atoms with Crippen LogP contribution in [-0.4, -0.2) is 28.3 Å². The molecule has 6 heteroatoms. The van der Waals surface area contributed by atoms with Gasteiger partial charge in [0.2, 0.25) is 5.91 Å². The van der Waals surface area contributed by atoms with Crippen molar-refractivity contribution < 1.29 is 9.72 Å². The Morgan fingerprint density at radius 2 is 1.95 bits per heavy atom. The third-order valence-corrected chi connectivity index (χ3v) is 3.74. The predicted molar refractivity (Wildman–Crippen MR) is 79.6 cm³/mol. The fourth-order valence-electron chi connectivity index (χ4n) is 2.47. The zero-order chi connectivity index (χ0) is 15.6. The molecule has 21 heavy (non-hydrogen) atoms. The molecular formula is C15H21N3O3. The second-order valence-electron chi connectivity index (χ2n) is 5.85. The summed E-state index contributed by atoms with van der Waals surface area (Å²) in [6, 6.07) is 6.15. The van der Waals surface area contributed by atoms with Gasteiger partial charge in [0.15, 0.2) is 0 Å². The normalized spacial score (nSPS) is 22.1. The van der Waals surface area contributed by atoms with Crippen LogP contribution in [0.5, 0.6) is 0 Å². The number of benzene rings is 1. The van der Waals surface area contributed by atoms with Crippen molar-refractivity contribution in [3.05, 3.63) is 39.9 Å². The van der Waals surface area contributed by atoms with E-state index < -0.39 is 4.92 Å². The smallest absolute Gasteiger partial charge is 0.269 e. The van der Waals surface area contributed by atoms with Crippen molar-refractivity contribution in [1.82, 2.24) is 10.2 Å². The number of carbonyl (C=O) groups excluding carboxylic acids is 1. The molecule has 6 nitrogen and oxygen atoms in total. The highest BCUT2D eigenvalue weighted by Crippen LogP contribution is 2.27. The second kappa shape index (κ2) is 6.22. The molecule has 0 spiro atoms. The van der Waals surface area contributed by atoms with Crippen molar-refractivity contribution in [2.24, 2.45) is 5.92 Å². The van der Waals surface area contributed by atoms with Gasteiger partial charge >= 0.3 is 0 Å². The van der Waals surface area contributed by atoms with Crippen molar-refractivity contribution in [2.75, 3.05) is 6.54 Å². The molecular weight excluding hydrogens is 270 g/mol. The highest BCUT2D eigenvalue weighted by molar-refractivity contribution is 5.84. The summed E-state index contributed by atoms with van der Waals surface area (Å²) < 4.78 is 0. The molecule has 2 rings (SSSR count). The monoisotopic (exact) mass is 291 g/mol. The summed E-state index contributed by atoms with van der Waals surface area (Å²) in [6.07, 6.45) is 0.732. The summed E-state index contributed by atoms with van der Waals surface area (Å²) in [5, 5.41) is 14.0. The van der Waals surface area contributed by atoms with Crippen molar-refractivity contribution in [3.63, 3.8) is 0 Å². The topological polar surface area (TPSA) is 75.5 Å². The number of nitrogens with zero attached hydrogens (tertiary/aromatic N) is 2. The quantitative estimate of drug-likeness (QED) is 0.668. The highest BCUT2D eigenvalue weighted by atomic mass is 16.6. The van der Waals surface area contributed by atoms with E-state index in [1.165, 1.54) is 12.1 Å². The molecule has 0 saturated carbocycles. The maximum atomic E-state index is 12.2. The number of hydrogen-bond acceptors (Lipinski definition) is 4. The van der Waals surface area contributed by atoms with Crippen LogP contribution in [-0.2, 0) is 4.79 Å². The van der Waals surface area contributed by atoms with Gasteiger partial charge in [-0.15, -0.1) is 0 Å². The Kier molecular flexibility index (Phi) is 4.57. The molecule has 1 aliphatic rings. The summed E-state index contributed by atoms with van der Waals surface area (Å²) in [5.74, 6) is 0.602. The van der Waals surface area contributed by atoms with Gasteiger partial charge in [-0.2, -0.15) is 0 Å². The Labute approximate surface area is 124 Å². The minimum Gasteiger partial charge on any atom is -0.322 e. The van der Waals surface area contributed by atoms with Crippen LogP contribution in [0, 0.1) is 16.0 Å². The van der Waals surface area contributed by atoms with Crippen LogP contribution in [0.4, 0.5) is 5.69 Å². The van der Waals surface area contributed by atoms with E-state index >= 15 is 0 Å². The lowest BCUT2D eigenvalue weighted by atomic mass is 10.1. The summed E-state index contributed by atoms with van der Waals surface area (Å²) in [7, 11) is 0. The first-order valence-electron chi connectivity index (χ1n) is 7.21. The van der Waals surface area contributed by atoms with Gasteiger partial charge in [-0.25, -0.2) is 0 Å². The van der Waals surface area contributed by atoms with Crippen LogP contribution >= 0.6 is 0 Å². The van der Waals surface area contributed by atoms with E-state index in [-0.39, 0.29) is 23.8 Å². The van der Waals surface area contributed by atoms with E-state index in [2.05, 4.69) is 19.2 Å². The molecule has 1 saturated heterocycles. The van der Waals surface area contributed by atoms with E-state index in [0.717, 1.165) is 12.0 Å². The van der Waals surface area contributed by atoms with Crippen LogP contribution in [0.15, 0.2) is 24.3 Å². The Morgan fingerprint density at radius 1 is 1.33 bits per heavy atom. The van der Waals surface area contributed by atoms with Gasteiger partial charge in [-0.3, -0.25) is 20.2 Å². The maximum Gasteiger partial charge on any atom is 0.269 e. The first kappa shape index (κ1) is 15.4. The summed E-state index contributed by atoms with van der Waals surface area (Å²) in [4.78, 5) is 24.3. The van der Waals surface area contributed by atoms with Crippen LogP contribution in [0.3, 0.4) is 0 Å². The average molecular weight is 291 g/mol. The number of non-ortho nitro benzene ring substituents is 1. The SMILES string of the molecule is CC(C)CCN1C(=O)C(C)NC1c1ccc([N+](=O)[O-])cc1. The van der Waals surface area contributed by atoms with Gasteiger partial charge in [0, 0.05) is 18.7 Å². The van der Waals surface area contributed by atoms with E-state index in [1.807, 2.05) is 11.8 Å². The molecule has 0 bridgehead atoms.